The van der Waals surface area contributed by atoms with Gasteiger partial charge in [0, 0.05) is 24.1 Å². The summed E-state index contributed by atoms with van der Waals surface area (Å²) in [6.45, 7) is 1.25. The lowest BCUT2D eigenvalue weighted by Crippen LogP contribution is -2.33. The van der Waals surface area contributed by atoms with Crippen LogP contribution < -0.4 is 18.9 Å². The molecule has 0 bridgehead atoms. The fourth-order valence-electron chi connectivity index (χ4n) is 5.19. The number of ether oxygens (including phenoxy) is 5. The molecule has 1 aliphatic rings. The summed E-state index contributed by atoms with van der Waals surface area (Å²) in [6, 6.07) is 39.3. The SMILES string of the molecule is COc1cc(C2Oc3cc(OCc4ccccc4)cc(OCc4ccccc4)c3C[C@H]2OCc2ccccc2)ccc1O. The molecule has 1 unspecified atom stereocenters. The lowest BCUT2D eigenvalue weighted by atomic mass is 9.93. The Kier molecular flexibility index (Phi) is 8.76. The first-order chi connectivity index (χ1) is 21.2. The van der Waals surface area contributed by atoms with Crippen LogP contribution in [0.1, 0.15) is 33.9 Å². The molecule has 0 spiro atoms. The average Bonchev–Trinajstić information content (AvgIpc) is 3.06. The number of phenols is 1. The van der Waals surface area contributed by atoms with Gasteiger partial charge in [-0.25, -0.2) is 0 Å². The van der Waals surface area contributed by atoms with Crippen molar-refractivity contribution in [2.24, 2.45) is 0 Å². The Balaban J connectivity index is 1.34. The Morgan fingerprint density at radius 2 is 1.28 bits per heavy atom. The second-order valence-corrected chi connectivity index (χ2v) is 10.5. The quantitative estimate of drug-likeness (QED) is 0.174. The average molecular weight is 575 g/mol. The van der Waals surface area contributed by atoms with E-state index in [1.165, 1.54) is 7.11 Å². The first-order valence-corrected chi connectivity index (χ1v) is 14.4. The van der Waals surface area contributed by atoms with Gasteiger partial charge in [-0.2, -0.15) is 0 Å². The van der Waals surface area contributed by atoms with Gasteiger partial charge in [0.25, 0.3) is 0 Å². The minimum atomic E-state index is -0.461. The fourth-order valence-corrected chi connectivity index (χ4v) is 5.19. The summed E-state index contributed by atoms with van der Waals surface area (Å²) in [5.74, 6) is 2.46. The van der Waals surface area contributed by atoms with Crippen LogP contribution in [0.25, 0.3) is 0 Å². The predicted molar refractivity (Wildman–Crippen MR) is 165 cm³/mol. The van der Waals surface area contributed by atoms with Crippen LogP contribution in [-0.4, -0.2) is 18.3 Å². The molecule has 2 atom stereocenters. The molecule has 0 aromatic heterocycles. The zero-order valence-electron chi connectivity index (χ0n) is 24.0. The van der Waals surface area contributed by atoms with E-state index >= 15 is 0 Å². The third-order valence-electron chi connectivity index (χ3n) is 7.46. The maximum absolute atomic E-state index is 10.3. The van der Waals surface area contributed by atoms with Crippen molar-refractivity contribution in [2.45, 2.75) is 38.4 Å². The molecule has 1 heterocycles. The van der Waals surface area contributed by atoms with Crippen molar-refractivity contribution >= 4 is 0 Å². The highest BCUT2D eigenvalue weighted by molar-refractivity contribution is 5.53. The van der Waals surface area contributed by atoms with E-state index in [1.807, 2.05) is 109 Å². The number of methoxy groups -OCH3 is 1. The van der Waals surface area contributed by atoms with E-state index in [4.69, 9.17) is 23.7 Å². The van der Waals surface area contributed by atoms with Crippen LogP contribution in [0.3, 0.4) is 0 Å². The van der Waals surface area contributed by atoms with Crippen LogP contribution >= 0.6 is 0 Å². The Labute approximate surface area is 252 Å². The number of benzene rings is 5. The summed E-state index contributed by atoms with van der Waals surface area (Å²) in [4.78, 5) is 0. The lowest BCUT2D eigenvalue weighted by Gasteiger charge is -2.35. The molecule has 5 aromatic rings. The molecule has 6 rings (SSSR count). The minimum Gasteiger partial charge on any atom is -0.504 e. The van der Waals surface area contributed by atoms with E-state index in [0.717, 1.165) is 27.8 Å². The van der Waals surface area contributed by atoms with Crippen molar-refractivity contribution in [1.82, 2.24) is 0 Å². The normalized spacial score (nSPS) is 15.7. The van der Waals surface area contributed by atoms with E-state index in [2.05, 4.69) is 0 Å². The second-order valence-electron chi connectivity index (χ2n) is 10.5. The smallest absolute Gasteiger partial charge is 0.160 e. The van der Waals surface area contributed by atoms with Crippen molar-refractivity contribution in [3.63, 3.8) is 0 Å². The van der Waals surface area contributed by atoms with Crippen LogP contribution in [-0.2, 0) is 31.0 Å². The van der Waals surface area contributed by atoms with Crippen LogP contribution in [0, 0.1) is 0 Å². The summed E-state index contributed by atoms with van der Waals surface area (Å²) in [5, 5.41) is 10.3. The van der Waals surface area contributed by atoms with Gasteiger partial charge in [-0.05, 0) is 34.4 Å². The van der Waals surface area contributed by atoms with Crippen molar-refractivity contribution < 1.29 is 28.8 Å². The monoisotopic (exact) mass is 574 g/mol. The largest absolute Gasteiger partial charge is 0.504 e. The number of phenolic OH excluding ortho intramolecular Hbond substituents is 1. The van der Waals surface area contributed by atoms with E-state index in [1.54, 1.807) is 12.1 Å². The van der Waals surface area contributed by atoms with E-state index in [9.17, 15) is 5.11 Å². The first kappa shape index (κ1) is 28.2. The summed E-state index contributed by atoms with van der Waals surface area (Å²) in [7, 11) is 1.53. The molecule has 5 aromatic carbocycles. The molecule has 218 valence electrons. The van der Waals surface area contributed by atoms with E-state index in [0.29, 0.717) is 49.2 Å². The summed E-state index contributed by atoms with van der Waals surface area (Å²) >= 11 is 0. The molecule has 0 aliphatic carbocycles. The Hall–Kier alpha value is -4.94. The second kappa shape index (κ2) is 13.4. The maximum atomic E-state index is 10.3. The Bertz CT molecular complexity index is 1620. The first-order valence-electron chi connectivity index (χ1n) is 14.4. The van der Waals surface area contributed by atoms with Gasteiger partial charge >= 0.3 is 0 Å². The molecule has 0 saturated carbocycles. The molecule has 1 aliphatic heterocycles. The minimum absolute atomic E-state index is 0.0670. The zero-order chi connectivity index (χ0) is 29.4. The molecule has 6 heteroatoms. The molecular formula is C37H34O6. The van der Waals surface area contributed by atoms with E-state index in [-0.39, 0.29) is 11.9 Å². The van der Waals surface area contributed by atoms with Gasteiger partial charge in [0.05, 0.1) is 13.7 Å². The third kappa shape index (κ3) is 6.93. The molecule has 43 heavy (non-hydrogen) atoms. The number of hydrogen-bond donors (Lipinski definition) is 1. The van der Waals surface area contributed by atoms with Gasteiger partial charge in [0.1, 0.15) is 36.6 Å². The third-order valence-corrected chi connectivity index (χ3v) is 7.46. The summed E-state index contributed by atoms with van der Waals surface area (Å²) < 4.78 is 31.3. The van der Waals surface area contributed by atoms with Crippen LogP contribution in [0.2, 0.25) is 0 Å². The van der Waals surface area contributed by atoms with Gasteiger partial charge < -0.3 is 28.8 Å². The number of hydrogen-bond acceptors (Lipinski definition) is 6. The van der Waals surface area contributed by atoms with Gasteiger partial charge in [0.15, 0.2) is 17.6 Å². The van der Waals surface area contributed by atoms with E-state index < -0.39 is 6.10 Å². The topological polar surface area (TPSA) is 66.4 Å². The van der Waals surface area contributed by atoms with Crippen molar-refractivity contribution in [3.05, 3.63) is 149 Å². The number of aromatic hydroxyl groups is 1. The van der Waals surface area contributed by atoms with Crippen molar-refractivity contribution in [3.8, 4) is 28.7 Å². The van der Waals surface area contributed by atoms with Gasteiger partial charge in [-0.1, -0.05) is 97.1 Å². The van der Waals surface area contributed by atoms with Gasteiger partial charge in [-0.15, -0.1) is 0 Å². The van der Waals surface area contributed by atoms with Crippen LogP contribution in [0.4, 0.5) is 0 Å². The molecular weight excluding hydrogens is 540 g/mol. The standard InChI is InChI=1S/C37H34O6/c1-39-35-19-29(17-18-32(35)38)37-36(42-25-28-15-9-4-10-16-28)22-31-33(41-24-27-13-7-3-8-14-27)20-30(21-34(31)43-37)40-23-26-11-5-2-6-12-26/h2-21,36-38H,22-25H2,1H3/t36-,37?/m1/s1. The molecule has 0 saturated heterocycles. The van der Waals surface area contributed by atoms with Gasteiger partial charge in [0.2, 0.25) is 0 Å². The van der Waals surface area contributed by atoms with Crippen LogP contribution in [0.5, 0.6) is 28.7 Å². The molecule has 0 amide bonds. The maximum Gasteiger partial charge on any atom is 0.160 e. The molecule has 0 fully saturated rings. The Morgan fingerprint density at radius 3 is 1.91 bits per heavy atom. The number of fused-ring (bicyclic) bond motifs is 1. The highest BCUT2D eigenvalue weighted by Crippen LogP contribution is 2.45. The highest BCUT2D eigenvalue weighted by Gasteiger charge is 2.35. The molecule has 6 nitrogen and oxygen atoms in total. The zero-order valence-corrected chi connectivity index (χ0v) is 24.0. The van der Waals surface area contributed by atoms with Crippen LogP contribution in [0.15, 0.2) is 121 Å². The summed E-state index contributed by atoms with van der Waals surface area (Å²) in [6.07, 6.45) is -0.242. The molecule has 0 radical (unpaired) electrons. The fraction of sp³-hybridized carbons (Fsp3) is 0.189. The summed E-state index contributed by atoms with van der Waals surface area (Å²) in [5.41, 5.74) is 4.95. The number of rotatable bonds is 11. The van der Waals surface area contributed by atoms with Crippen molar-refractivity contribution in [1.29, 1.82) is 0 Å². The predicted octanol–water partition coefficient (Wildman–Crippen LogP) is 7.82. The van der Waals surface area contributed by atoms with Crippen molar-refractivity contribution in [2.75, 3.05) is 7.11 Å². The lowest BCUT2D eigenvalue weighted by molar-refractivity contribution is -0.0468. The van der Waals surface area contributed by atoms with Gasteiger partial charge in [-0.3, -0.25) is 0 Å². The highest BCUT2D eigenvalue weighted by atomic mass is 16.5. The Morgan fingerprint density at radius 1 is 0.674 bits per heavy atom. The molecule has 1 N–H and O–H groups in total.